The number of hydrogen-bond donors (Lipinski definition) is 3. The Hall–Kier alpha value is -3.85. The number of benzene rings is 2. The third kappa shape index (κ3) is 5.83. The molecule has 0 unspecified atom stereocenters. The Bertz CT molecular complexity index is 1320. The van der Waals surface area contributed by atoms with Crippen molar-refractivity contribution < 1.29 is 18.7 Å². The van der Waals surface area contributed by atoms with Crippen molar-refractivity contribution in [2.75, 3.05) is 12.4 Å². The van der Waals surface area contributed by atoms with Crippen LogP contribution in [0.15, 0.2) is 54.6 Å². The maximum Gasteiger partial charge on any atom is 0.407 e. The van der Waals surface area contributed by atoms with Crippen LogP contribution in [-0.4, -0.2) is 35.3 Å². The van der Waals surface area contributed by atoms with Gasteiger partial charge in [0.25, 0.3) is 0 Å². The lowest BCUT2D eigenvalue weighted by Crippen LogP contribution is -2.30. The van der Waals surface area contributed by atoms with Gasteiger partial charge < -0.3 is 21.1 Å². The molecule has 2 aromatic carbocycles. The number of carbonyl (C=O) groups excluding carboxylic acids is 2. The predicted octanol–water partition coefficient (Wildman–Crippen LogP) is 5.14. The summed E-state index contributed by atoms with van der Waals surface area (Å²) in [6, 6.07) is 16.4. The largest absolute Gasteiger partial charge is 0.446 e. The zero-order valence-electron chi connectivity index (χ0n) is 21.4. The fourth-order valence-corrected chi connectivity index (χ4v) is 5.09. The fraction of sp³-hybridized carbons (Fsp3) is 0.379. The highest BCUT2D eigenvalue weighted by atomic mass is 19.1. The molecule has 38 heavy (non-hydrogen) atoms. The van der Waals surface area contributed by atoms with Crippen LogP contribution in [0.5, 0.6) is 0 Å². The highest BCUT2D eigenvalue weighted by Gasteiger charge is 2.42. The lowest BCUT2D eigenvalue weighted by Gasteiger charge is -2.27. The summed E-state index contributed by atoms with van der Waals surface area (Å²) in [6.07, 6.45) is 4.45. The van der Waals surface area contributed by atoms with Gasteiger partial charge in [-0.15, -0.1) is 10.2 Å². The highest BCUT2D eigenvalue weighted by Crippen LogP contribution is 2.44. The van der Waals surface area contributed by atoms with Crippen molar-refractivity contribution in [3.63, 3.8) is 0 Å². The maximum absolute atomic E-state index is 15.0. The number of nitrogens with two attached hydrogens (primary N) is 1. The third-order valence-electron chi connectivity index (χ3n) is 7.46. The summed E-state index contributed by atoms with van der Waals surface area (Å²) in [5, 5.41) is 14.0. The average molecular weight is 518 g/mol. The van der Waals surface area contributed by atoms with Crippen molar-refractivity contribution in [2.45, 2.75) is 56.6 Å². The molecule has 2 saturated carbocycles. The minimum Gasteiger partial charge on any atom is -0.446 e. The Morgan fingerprint density at radius 1 is 1.03 bits per heavy atom. The second-order valence-corrected chi connectivity index (χ2v) is 10.3. The predicted molar refractivity (Wildman–Crippen MR) is 142 cm³/mol. The van der Waals surface area contributed by atoms with E-state index in [9.17, 15) is 14.0 Å². The number of aromatic nitrogens is 2. The maximum atomic E-state index is 15.0. The Morgan fingerprint density at radius 2 is 1.76 bits per heavy atom. The molecule has 2 aliphatic rings. The molecule has 2 fully saturated rings. The second kappa shape index (κ2) is 10.9. The van der Waals surface area contributed by atoms with Crippen molar-refractivity contribution in [3.8, 4) is 22.4 Å². The van der Waals surface area contributed by atoms with E-state index in [1.54, 1.807) is 12.1 Å². The molecule has 2 amide bonds. The number of alkyl carbamates (subject to hydrolysis) is 1. The molecule has 2 aliphatic carbocycles. The van der Waals surface area contributed by atoms with Crippen LogP contribution in [0.1, 0.15) is 50.5 Å². The Labute approximate surface area is 221 Å². The highest BCUT2D eigenvalue weighted by molar-refractivity contribution is 5.91. The van der Waals surface area contributed by atoms with Crippen LogP contribution in [0.3, 0.4) is 0 Å². The molecule has 4 N–H and O–H groups in total. The van der Waals surface area contributed by atoms with Gasteiger partial charge in [0.05, 0.1) is 0 Å². The molecule has 1 heterocycles. The zero-order valence-corrected chi connectivity index (χ0v) is 21.4. The molecule has 8 nitrogen and oxygen atoms in total. The van der Waals surface area contributed by atoms with Crippen molar-refractivity contribution >= 4 is 17.8 Å². The first-order valence-corrected chi connectivity index (χ1v) is 13.1. The number of nitrogens with zero attached hydrogens (tertiary/aromatic N) is 2. The van der Waals surface area contributed by atoms with E-state index in [4.69, 9.17) is 10.5 Å². The van der Waals surface area contributed by atoms with E-state index in [-0.39, 0.29) is 23.7 Å². The molecular weight excluding hydrogens is 485 g/mol. The van der Waals surface area contributed by atoms with E-state index in [2.05, 4.69) is 20.8 Å². The molecule has 9 heteroatoms. The number of nitrogens with one attached hydrogen (secondary N) is 2. The summed E-state index contributed by atoms with van der Waals surface area (Å²) in [6.45, 7) is 0. The van der Waals surface area contributed by atoms with Crippen LogP contribution in [0.2, 0.25) is 0 Å². The van der Waals surface area contributed by atoms with E-state index in [0.717, 1.165) is 49.7 Å². The summed E-state index contributed by atoms with van der Waals surface area (Å²) >= 11 is 0. The minimum atomic E-state index is -0.568. The SMILES string of the molecule is CNC(=O)OC1CCC(CC(=O)Nc2cc(-c3ccccc3)c(-c3ccc(C4(N)CC4)c(F)c3)nn2)CC1. The number of carbonyl (C=O) groups is 2. The quantitative estimate of drug-likeness (QED) is 0.399. The number of rotatable bonds is 7. The van der Waals surface area contributed by atoms with Crippen LogP contribution in [0.4, 0.5) is 15.0 Å². The van der Waals surface area contributed by atoms with Gasteiger partial charge in [-0.2, -0.15) is 0 Å². The normalized spacial score (nSPS) is 19.9. The lowest BCUT2D eigenvalue weighted by molar-refractivity contribution is -0.117. The first-order chi connectivity index (χ1) is 18.3. The van der Waals surface area contributed by atoms with Crippen LogP contribution in [0.25, 0.3) is 22.4 Å². The Balaban J connectivity index is 1.31. The first kappa shape index (κ1) is 25.8. The average Bonchev–Trinajstić information content (AvgIpc) is 3.68. The third-order valence-corrected chi connectivity index (χ3v) is 7.46. The molecule has 3 aromatic rings. The van der Waals surface area contributed by atoms with Gasteiger partial charge in [-0.25, -0.2) is 9.18 Å². The van der Waals surface area contributed by atoms with Crippen molar-refractivity contribution in [3.05, 3.63) is 66.0 Å². The van der Waals surface area contributed by atoms with Gasteiger partial charge in [-0.3, -0.25) is 4.79 Å². The topological polar surface area (TPSA) is 119 Å². The zero-order chi connectivity index (χ0) is 26.7. The van der Waals surface area contributed by atoms with Crippen LogP contribution in [0, 0.1) is 11.7 Å². The van der Waals surface area contributed by atoms with E-state index in [1.165, 1.54) is 13.1 Å². The number of anilines is 1. The molecule has 0 spiro atoms. The number of amides is 2. The summed E-state index contributed by atoms with van der Waals surface area (Å²) in [5.41, 5.74) is 8.90. The van der Waals surface area contributed by atoms with Gasteiger partial charge >= 0.3 is 6.09 Å². The monoisotopic (exact) mass is 517 g/mol. The van der Waals surface area contributed by atoms with E-state index in [1.807, 2.05) is 36.4 Å². The minimum absolute atomic E-state index is 0.111. The molecule has 0 radical (unpaired) electrons. The van der Waals surface area contributed by atoms with Crippen molar-refractivity contribution in [1.82, 2.24) is 15.5 Å². The van der Waals surface area contributed by atoms with Crippen molar-refractivity contribution in [1.29, 1.82) is 0 Å². The number of ether oxygens (including phenoxy) is 1. The molecule has 0 saturated heterocycles. The van der Waals surface area contributed by atoms with Gasteiger partial charge in [0.15, 0.2) is 5.82 Å². The van der Waals surface area contributed by atoms with Crippen LogP contribution < -0.4 is 16.4 Å². The summed E-state index contributed by atoms with van der Waals surface area (Å²) < 4.78 is 20.3. The molecular formula is C29H32FN5O3. The molecule has 1 aromatic heterocycles. The molecule has 0 atom stereocenters. The first-order valence-electron chi connectivity index (χ1n) is 13.1. The molecule has 0 bridgehead atoms. The van der Waals surface area contributed by atoms with Gasteiger partial charge in [0, 0.05) is 35.7 Å². The Morgan fingerprint density at radius 3 is 2.42 bits per heavy atom. The summed E-state index contributed by atoms with van der Waals surface area (Å²) in [4.78, 5) is 24.3. The second-order valence-electron chi connectivity index (χ2n) is 10.3. The smallest absolute Gasteiger partial charge is 0.407 e. The van der Waals surface area contributed by atoms with Crippen LogP contribution >= 0.6 is 0 Å². The van der Waals surface area contributed by atoms with Gasteiger partial charge in [-0.05, 0) is 62.1 Å². The standard InChI is InChI=1S/C29H32FN5O3/c1-32-28(37)38-21-10-7-18(8-11-21)15-26(36)33-25-17-22(19-5-3-2-4-6-19)27(35-34-25)20-9-12-23(24(30)16-20)29(31)13-14-29/h2-6,9,12,16-18,21H,7-8,10-11,13-15,31H2,1H3,(H,32,37)(H,33,34,36). The van der Waals surface area contributed by atoms with E-state index < -0.39 is 11.6 Å². The number of halogens is 1. The molecule has 198 valence electrons. The summed E-state index contributed by atoms with van der Waals surface area (Å²) in [7, 11) is 1.54. The van der Waals surface area contributed by atoms with Gasteiger partial charge in [-0.1, -0.05) is 42.5 Å². The summed E-state index contributed by atoms with van der Waals surface area (Å²) in [5.74, 6) is 0.0512. The number of hydrogen-bond acceptors (Lipinski definition) is 6. The lowest BCUT2D eigenvalue weighted by atomic mass is 9.85. The Kier molecular flexibility index (Phi) is 7.37. The van der Waals surface area contributed by atoms with Gasteiger partial charge in [0.1, 0.15) is 17.6 Å². The molecule has 5 rings (SSSR count). The van der Waals surface area contributed by atoms with Crippen LogP contribution in [-0.2, 0) is 15.1 Å². The fourth-order valence-electron chi connectivity index (χ4n) is 5.09. The van der Waals surface area contributed by atoms with Crippen molar-refractivity contribution in [2.24, 2.45) is 11.7 Å². The van der Waals surface area contributed by atoms with E-state index >= 15 is 0 Å². The van der Waals surface area contributed by atoms with Gasteiger partial charge in [0.2, 0.25) is 5.91 Å². The van der Waals surface area contributed by atoms with E-state index in [0.29, 0.717) is 29.1 Å². The molecule has 0 aliphatic heterocycles.